The van der Waals surface area contributed by atoms with Crippen LogP contribution in [0.25, 0.3) is 0 Å². The zero-order valence-corrected chi connectivity index (χ0v) is 19.7. The lowest BCUT2D eigenvalue weighted by Gasteiger charge is -2.15. The molecule has 0 unspecified atom stereocenters. The molecule has 1 fully saturated rings. The van der Waals surface area contributed by atoms with Crippen LogP contribution in [0.3, 0.4) is 0 Å². The van der Waals surface area contributed by atoms with Crippen molar-refractivity contribution in [3.63, 3.8) is 0 Å². The van der Waals surface area contributed by atoms with E-state index in [4.69, 9.17) is 9.47 Å². The van der Waals surface area contributed by atoms with Crippen LogP contribution in [0.1, 0.15) is 72.7 Å². The number of rotatable bonds is 10. The van der Waals surface area contributed by atoms with Crippen LogP contribution in [0.5, 0.6) is 5.75 Å². The minimum Gasteiger partial charge on any atom is -0.496 e. The Morgan fingerprint density at radius 1 is 1.06 bits per heavy atom. The van der Waals surface area contributed by atoms with Gasteiger partial charge < -0.3 is 20.1 Å². The van der Waals surface area contributed by atoms with Gasteiger partial charge in [-0.05, 0) is 43.0 Å². The molecule has 0 spiro atoms. The molecule has 34 heavy (non-hydrogen) atoms. The summed E-state index contributed by atoms with van der Waals surface area (Å²) in [7, 11) is 4.35. The van der Waals surface area contributed by atoms with E-state index in [1.807, 2.05) is 0 Å². The first-order valence-electron chi connectivity index (χ1n) is 11.3. The van der Waals surface area contributed by atoms with Crippen molar-refractivity contribution in [3.05, 3.63) is 58.1 Å². The minimum absolute atomic E-state index is 0.0816. The molecule has 0 atom stereocenters. The van der Waals surface area contributed by atoms with Crippen molar-refractivity contribution in [2.45, 2.75) is 32.1 Å². The molecule has 1 saturated carbocycles. The lowest BCUT2D eigenvalue weighted by molar-refractivity contribution is 0.0600. The first-order chi connectivity index (χ1) is 16.4. The van der Waals surface area contributed by atoms with E-state index in [0.717, 1.165) is 12.8 Å². The number of anilines is 1. The number of amides is 1. The molecule has 8 nitrogen and oxygen atoms in total. The van der Waals surface area contributed by atoms with Crippen LogP contribution in [-0.4, -0.2) is 51.8 Å². The highest BCUT2D eigenvalue weighted by Crippen LogP contribution is 2.27. The second kappa shape index (κ2) is 11.4. The molecular weight excluding hydrogens is 436 g/mol. The molecule has 1 amide bonds. The van der Waals surface area contributed by atoms with Crippen LogP contribution in [0.4, 0.5) is 5.69 Å². The fourth-order valence-electron chi connectivity index (χ4n) is 4.31. The molecule has 1 aliphatic carbocycles. The van der Waals surface area contributed by atoms with Gasteiger partial charge >= 0.3 is 5.97 Å². The summed E-state index contributed by atoms with van der Waals surface area (Å²) in [6.45, 7) is 0.593. The van der Waals surface area contributed by atoms with E-state index in [0.29, 0.717) is 46.9 Å². The Hall–Kier alpha value is -3.68. The second-order valence-corrected chi connectivity index (χ2v) is 8.33. The number of carbonyl (C=O) groups is 4. The van der Waals surface area contributed by atoms with Crippen LogP contribution in [-0.2, 0) is 11.2 Å². The summed E-state index contributed by atoms with van der Waals surface area (Å²) in [5, 5.41) is 5.86. The van der Waals surface area contributed by atoms with Crippen LogP contribution in [0.2, 0.25) is 0 Å². The minimum atomic E-state index is -0.519. The number of aldehydes is 1. The summed E-state index contributed by atoms with van der Waals surface area (Å²) in [5.41, 5.74) is 1.88. The van der Waals surface area contributed by atoms with Crippen molar-refractivity contribution >= 4 is 29.6 Å². The molecule has 2 aromatic rings. The largest absolute Gasteiger partial charge is 0.496 e. The highest BCUT2D eigenvalue weighted by molar-refractivity contribution is 6.09. The Morgan fingerprint density at radius 3 is 2.41 bits per heavy atom. The van der Waals surface area contributed by atoms with Gasteiger partial charge in [0, 0.05) is 48.0 Å². The summed E-state index contributed by atoms with van der Waals surface area (Å²) in [5.74, 6) is -0.329. The van der Waals surface area contributed by atoms with E-state index in [9.17, 15) is 19.2 Å². The van der Waals surface area contributed by atoms with Gasteiger partial charge in [0.15, 0.2) is 12.1 Å². The van der Waals surface area contributed by atoms with E-state index in [1.54, 1.807) is 25.2 Å². The van der Waals surface area contributed by atoms with Crippen LogP contribution >= 0.6 is 0 Å². The van der Waals surface area contributed by atoms with Crippen molar-refractivity contribution in [1.29, 1.82) is 0 Å². The Kier molecular flexibility index (Phi) is 8.40. The topological polar surface area (TPSA) is 111 Å². The molecule has 0 saturated heterocycles. The molecule has 8 heteroatoms. The van der Waals surface area contributed by atoms with Gasteiger partial charge in [-0.2, -0.15) is 0 Å². The van der Waals surface area contributed by atoms with Gasteiger partial charge in [-0.25, -0.2) is 4.79 Å². The van der Waals surface area contributed by atoms with Crippen LogP contribution in [0.15, 0.2) is 30.3 Å². The number of nitrogens with one attached hydrogen (secondary N) is 2. The van der Waals surface area contributed by atoms with E-state index in [-0.39, 0.29) is 29.2 Å². The number of ketones is 1. The summed E-state index contributed by atoms with van der Waals surface area (Å²) in [4.78, 5) is 49.8. The molecule has 2 N–H and O–H groups in total. The Balaban J connectivity index is 1.89. The molecule has 0 heterocycles. The zero-order valence-electron chi connectivity index (χ0n) is 19.7. The van der Waals surface area contributed by atoms with E-state index < -0.39 is 5.97 Å². The number of esters is 1. The number of Topliss-reactive ketones (excluding diaryl/α,β-unsaturated/α-hetero) is 1. The summed E-state index contributed by atoms with van der Waals surface area (Å²) >= 11 is 0. The van der Waals surface area contributed by atoms with Gasteiger partial charge in [0.2, 0.25) is 0 Å². The van der Waals surface area contributed by atoms with E-state index >= 15 is 0 Å². The van der Waals surface area contributed by atoms with Gasteiger partial charge in [0.1, 0.15) is 5.75 Å². The number of hydrogen-bond donors (Lipinski definition) is 2. The fraction of sp³-hybridized carbons (Fsp3) is 0.385. The van der Waals surface area contributed by atoms with Crippen LogP contribution in [0, 0.1) is 5.92 Å². The third kappa shape index (κ3) is 5.62. The molecule has 0 aliphatic heterocycles. The second-order valence-electron chi connectivity index (χ2n) is 8.33. The molecule has 2 aromatic carbocycles. The summed E-state index contributed by atoms with van der Waals surface area (Å²) < 4.78 is 10.1. The van der Waals surface area contributed by atoms with Crippen molar-refractivity contribution in [1.82, 2.24) is 5.32 Å². The highest BCUT2D eigenvalue weighted by Gasteiger charge is 2.22. The predicted octanol–water partition coefficient (Wildman–Crippen LogP) is 3.68. The Labute approximate surface area is 199 Å². The van der Waals surface area contributed by atoms with Gasteiger partial charge in [0.05, 0.1) is 19.8 Å². The monoisotopic (exact) mass is 466 g/mol. The number of carbonyl (C=O) groups excluding carboxylic acids is 4. The van der Waals surface area contributed by atoms with Crippen molar-refractivity contribution < 1.29 is 28.7 Å². The van der Waals surface area contributed by atoms with E-state index in [2.05, 4.69) is 10.6 Å². The number of benzene rings is 2. The number of hydrogen-bond acceptors (Lipinski definition) is 7. The van der Waals surface area contributed by atoms with Crippen molar-refractivity contribution in [2.75, 3.05) is 33.1 Å². The number of ether oxygens (including phenoxy) is 2. The Bertz CT molecular complexity index is 1090. The smallest absolute Gasteiger partial charge is 0.337 e. The van der Waals surface area contributed by atoms with Gasteiger partial charge in [0.25, 0.3) is 5.91 Å². The zero-order chi connectivity index (χ0) is 24.7. The molecule has 180 valence electrons. The molecule has 0 radical (unpaired) electrons. The maximum Gasteiger partial charge on any atom is 0.337 e. The molecule has 0 aromatic heterocycles. The molecule has 0 bridgehead atoms. The Morgan fingerprint density at radius 2 is 1.79 bits per heavy atom. The third-order valence-electron chi connectivity index (χ3n) is 6.22. The van der Waals surface area contributed by atoms with E-state index in [1.165, 1.54) is 39.2 Å². The summed E-state index contributed by atoms with van der Waals surface area (Å²) in [6.07, 6.45) is 5.10. The van der Waals surface area contributed by atoms with Crippen molar-refractivity contribution in [3.8, 4) is 5.75 Å². The van der Waals surface area contributed by atoms with Gasteiger partial charge in [-0.3, -0.25) is 14.4 Å². The summed E-state index contributed by atoms with van der Waals surface area (Å²) in [6, 6.07) is 7.70. The predicted molar refractivity (Wildman–Crippen MR) is 128 cm³/mol. The molecular formula is C26H30N2O6. The third-order valence-corrected chi connectivity index (χ3v) is 6.22. The lowest BCUT2D eigenvalue weighted by Crippen LogP contribution is -2.28. The fourth-order valence-corrected chi connectivity index (χ4v) is 4.31. The van der Waals surface area contributed by atoms with Crippen LogP contribution < -0.4 is 15.4 Å². The number of methoxy groups -OCH3 is 2. The molecule has 3 rings (SSSR count). The van der Waals surface area contributed by atoms with Crippen molar-refractivity contribution in [2.24, 2.45) is 5.92 Å². The SMILES string of the molecule is CNc1cc(C(=O)NCC2CCCC2)cc(C(=O)Cc2ccc(C(=O)OC)cc2OC)c1C=O. The average molecular weight is 467 g/mol. The molecule has 1 aliphatic rings. The van der Waals surface area contributed by atoms with Gasteiger partial charge in [-0.1, -0.05) is 18.9 Å². The maximum absolute atomic E-state index is 13.3. The van der Waals surface area contributed by atoms with Gasteiger partial charge in [-0.15, -0.1) is 0 Å². The quantitative estimate of drug-likeness (QED) is 0.312. The highest BCUT2D eigenvalue weighted by atomic mass is 16.5. The first kappa shape index (κ1) is 25.0. The normalized spacial score (nSPS) is 13.3. The maximum atomic E-state index is 13.3. The standard InChI is InChI=1S/C26H30N2O6/c1-27-22-11-19(25(31)28-14-16-6-4-5-7-16)10-20(21(22)15-29)23(30)12-17-8-9-18(26(32)34-3)13-24(17)33-2/h8-11,13,15-16,27H,4-7,12,14H2,1-3H3,(H,28,31). The average Bonchev–Trinajstić information content (AvgIpc) is 3.39. The first-order valence-corrected chi connectivity index (χ1v) is 11.3. The lowest BCUT2D eigenvalue weighted by atomic mass is 9.94.